The molecule has 0 saturated carbocycles. The Morgan fingerprint density at radius 1 is 1.15 bits per heavy atom. The van der Waals surface area contributed by atoms with Crippen molar-refractivity contribution in [3.8, 4) is 0 Å². The Labute approximate surface area is 97.3 Å². The summed E-state index contributed by atoms with van der Waals surface area (Å²) in [5, 5.41) is 0. The fourth-order valence-corrected chi connectivity index (χ4v) is 1.99. The minimum atomic E-state index is 0.971. The van der Waals surface area contributed by atoms with Crippen LogP contribution in [0, 0.1) is 5.92 Å². The lowest BCUT2D eigenvalue weighted by atomic mass is 9.94. The van der Waals surface area contributed by atoms with Crippen molar-refractivity contribution < 1.29 is 0 Å². The van der Waals surface area contributed by atoms with Crippen molar-refractivity contribution in [3.63, 3.8) is 0 Å². The lowest BCUT2D eigenvalue weighted by Crippen LogP contribution is -1.97. The first-order valence-corrected chi connectivity index (χ1v) is 6.84. The molecule has 0 bridgehead atoms. The zero-order valence-corrected chi connectivity index (χ0v) is 11.2. The molecule has 0 fully saturated rings. The maximum atomic E-state index is 2.32. The zero-order chi connectivity index (χ0) is 9.94. The number of rotatable bonds is 8. The van der Waals surface area contributed by atoms with Crippen molar-refractivity contribution in [3.05, 3.63) is 10.2 Å². The molecule has 0 aliphatic heterocycles. The number of hydrogen-bond donors (Lipinski definition) is 0. The summed E-state index contributed by atoms with van der Waals surface area (Å²) in [6.07, 6.45) is 11.9. The largest absolute Gasteiger partial charge is 0.0784 e. The summed E-state index contributed by atoms with van der Waals surface area (Å²) in [5.74, 6) is 0.971. The first-order valence-electron chi connectivity index (χ1n) is 5.60. The smallest absolute Gasteiger partial charge is 0.0274 e. The van der Waals surface area contributed by atoms with Gasteiger partial charge in [-0.3, -0.25) is 0 Å². The van der Waals surface area contributed by atoms with Gasteiger partial charge in [0.25, 0.3) is 0 Å². The van der Waals surface area contributed by atoms with Gasteiger partial charge in [-0.05, 0) is 22.8 Å². The van der Waals surface area contributed by atoms with Crippen molar-refractivity contribution >= 4 is 22.6 Å². The minimum Gasteiger partial charge on any atom is -0.0784 e. The molecule has 0 aliphatic rings. The molecule has 1 atom stereocenters. The molecule has 0 amide bonds. The van der Waals surface area contributed by atoms with Crippen molar-refractivity contribution in [2.45, 2.75) is 58.8 Å². The summed E-state index contributed by atoms with van der Waals surface area (Å²) in [6.45, 7) is 4.60. The van der Waals surface area contributed by atoms with Crippen LogP contribution in [0.25, 0.3) is 0 Å². The Hall–Kier alpha value is 0.470. The molecule has 0 rings (SSSR count). The first kappa shape index (κ1) is 13.5. The van der Waals surface area contributed by atoms with E-state index >= 15 is 0 Å². The Morgan fingerprint density at radius 3 is 2.46 bits per heavy atom. The maximum absolute atomic E-state index is 2.32. The van der Waals surface area contributed by atoms with Gasteiger partial charge in [0.1, 0.15) is 0 Å². The summed E-state index contributed by atoms with van der Waals surface area (Å²) in [7, 11) is 0. The minimum absolute atomic E-state index is 0.971. The maximum Gasteiger partial charge on any atom is -0.0274 e. The van der Waals surface area contributed by atoms with Crippen LogP contribution in [0.2, 0.25) is 0 Å². The predicted octanol–water partition coefficient (Wildman–Crippen LogP) is 5.32. The Balaban J connectivity index is 3.39. The molecule has 0 spiro atoms. The molecule has 1 unspecified atom stereocenters. The van der Waals surface area contributed by atoms with Crippen LogP contribution in [0.5, 0.6) is 0 Å². The highest BCUT2D eigenvalue weighted by atomic mass is 127. The third-order valence-electron chi connectivity index (χ3n) is 2.62. The highest BCUT2D eigenvalue weighted by Crippen LogP contribution is 2.19. The van der Waals surface area contributed by atoms with E-state index in [0.29, 0.717) is 0 Å². The van der Waals surface area contributed by atoms with E-state index in [2.05, 4.69) is 46.6 Å². The van der Waals surface area contributed by atoms with Gasteiger partial charge < -0.3 is 0 Å². The summed E-state index contributed by atoms with van der Waals surface area (Å²) in [4.78, 5) is 0. The SMILES string of the molecule is CCCCCC(CC)CCC=CI. The summed E-state index contributed by atoms with van der Waals surface area (Å²) >= 11 is 2.30. The van der Waals surface area contributed by atoms with Crippen LogP contribution in [0.3, 0.4) is 0 Å². The molecule has 0 nitrogen and oxygen atoms in total. The van der Waals surface area contributed by atoms with Gasteiger partial charge in [-0.1, -0.05) is 74.6 Å². The summed E-state index contributed by atoms with van der Waals surface area (Å²) < 4.78 is 2.14. The zero-order valence-electron chi connectivity index (χ0n) is 9.06. The molecule has 0 aromatic carbocycles. The molecule has 0 saturated heterocycles. The van der Waals surface area contributed by atoms with E-state index in [4.69, 9.17) is 0 Å². The van der Waals surface area contributed by atoms with Gasteiger partial charge in [0.05, 0.1) is 0 Å². The van der Waals surface area contributed by atoms with Crippen LogP contribution >= 0.6 is 22.6 Å². The lowest BCUT2D eigenvalue weighted by Gasteiger charge is -2.12. The third-order valence-corrected chi connectivity index (χ3v) is 3.13. The molecule has 0 heterocycles. The molecule has 0 radical (unpaired) electrons. The predicted molar refractivity (Wildman–Crippen MR) is 70.3 cm³/mol. The van der Waals surface area contributed by atoms with Crippen molar-refractivity contribution in [1.82, 2.24) is 0 Å². The van der Waals surface area contributed by atoms with E-state index in [1.165, 1.54) is 44.9 Å². The van der Waals surface area contributed by atoms with Crippen LogP contribution < -0.4 is 0 Å². The average Bonchev–Trinajstić information content (AvgIpc) is 2.16. The van der Waals surface area contributed by atoms with Crippen molar-refractivity contribution in [2.24, 2.45) is 5.92 Å². The highest BCUT2D eigenvalue weighted by molar-refractivity contribution is 14.1. The van der Waals surface area contributed by atoms with Gasteiger partial charge in [-0.25, -0.2) is 0 Å². The second-order valence-corrected chi connectivity index (χ2v) is 4.43. The number of unbranched alkanes of at least 4 members (excludes halogenated alkanes) is 2. The topological polar surface area (TPSA) is 0 Å². The second kappa shape index (κ2) is 10.6. The number of halogens is 1. The lowest BCUT2D eigenvalue weighted by molar-refractivity contribution is 0.419. The van der Waals surface area contributed by atoms with Gasteiger partial charge in [0, 0.05) is 0 Å². The van der Waals surface area contributed by atoms with Gasteiger partial charge in [0.15, 0.2) is 0 Å². The molecule has 0 aliphatic carbocycles. The van der Waals surface area contributed by atoms with Crippen LogP contribution in [0.15, 0.2) is 10.2 Å². The fraction of sp³-hybridized carbons (Fsp3) is 0.833. The van der Waals surface area contributed by atoms with Gasteiger partial charge >= 0.3 is 0 Å². The van der Waals surface area contributed by atoms with E-state index < -0.39 is 0 Å². The molecular weight excluding hydrogens is 271 g/mol. The van der Waals surface area contributed by atoms with Gasteiger partial charge in [0.2, 0.25) is 0 Å². The van der Waals surface area contributed by atoms with Crippen molar-refractivity contribution in [2.75, 3.05) is 0 Å². The molecule has 78 valence electrons. The Bertz CT molecular complexity index is 118. The summed E-state index contributed by atoms with van der Waals surface area (Å²) in [6, 6.07) is 0. The average molecular weight is 294 g/mol. The standard InChI is InChI=1S/C12H23I/c1-3-5-6-9-12(4-2)10-7-8-11-13/h8,11-12H,3-7,9-10H2,1-2H3. The van der Waals surface area contributed by atoms with Crippen LogP contribution in [-0.2, 0) is 0 Å². The quantitative estimate of drug-likeness (QED) is 0.420. The van der Waals surface area contributed by atoms with E-state index in [1.807, 2.05) is 0 Å². The third kappa shape index (κ3) is 8.79. The van der Waals surface area contributed by atoms with Gasteiger partial charge in [-0.15, -0.1) is 0 Å². The highest BCUT2D eigenvalue weighted by Gasteiger charge is 2.03. The van der Waals surface area contributed by atoms with Crippen molar-refractivity contribution in [1.29, 1.82) is 0 Å². The molecule has 0 aromatic rings. The van der Waals surface area contributed by atoms with Crippen LogP contribution in [0.1, 0.15) is 58.8 Å². The van der Waals surface area contributed by atoms with E-state index in [9.17, 15) is 0 Å². The number of allylic oxidation sites excluding steroid dienone is 1. The molecular formula is C12H23I. The first-order chi connectivity index (χ1) is 6.35. The van der Waals surface area contributed by atoms with Gasteiger partial charge in [-0.2, -0.15) is 0 Å². The molecule has 13 heavy (non-hydrogen) atoms. The molecule has 0 N–H and O–H groups in total. The normalized spacial score (nSPS) is 13.8. The second-order valence-electron chi connectivity index (χ2n) is 3.71. The number of hydrogen-bond acceptors (Lipinski definition) is 0. The Morgan fingerprint density at radius 2 is 1.92 bits per heavy atom. The molecule has 0 aromatic heterocycles. The van der Waals surface area contributed by atoms with E-state index in [-0.39, 0.29) is 0 Å². The molecule has 1 heteroatoms. The fourth-order valence-electron chi connectivity index (χ4n) is 1.63. The van der Waals surface area contributed by atoms with Crippen LogP contribution in [0.4, 0.5) is 0 Å². The summed E-state index contributed by atoms with van der Waals surface area (Å²) in [5.41, 5.74) is 0. The van der Waals surface area contributed by atoms with E-state index in [1.54, 1.807) is 0 Å². The Kier molecular flexibility index (Phi) is 10.9. The van der Waals surface area contributed by atoms with Crippen LogP contribution in [-0.4, -0.2) is 0 Å². The monoisotopic (exact) mass is 294 g/mol. The van der Waals surface area contributed by atoms with E-state index in [0.717, 1.165) is 5.92 Å².